The van der Waals surface area contributed by atoms with Crippen molar-refractivity contribution in [3.63, 3.8) is 0 Å². The summed E-state index contributed by atoms with van der Waals surface area (Å²) in [5, 5.41) is 3.48. The van der Waals surface area contributed by atoms with Crippen LogP contribution in [0.2, 0.25) is 10.0 Å². The van der Waals surface area contributed by atoms with E-state index in [-0.39, 0.29) is 0 Å². The van der Waals surface area contributed by atoms with E-state index in [1.54, 1.807) is 18.6 Å². The smallest absolute Gasteiger partial charge is 0.114 e. The van der Waals surface area contributed by atoms with Crippen molar-refractivity contribution < 1.29 is 0 Å². The SMILES string of the molecule is Clc1ccc(CN(Cc2ccc(-c3ccccc3)cc2)n2ccnc2)c(Cl)c1. The normalized spacial score (nSPS) is 10.8. The fourth-order valence-corrected chi connectivity index (χ4v) is 3.60. The molecule has 0 amide bonds. The van der Waals surface area contributed by atoms with Crippen LogP contribution in [0.3, 0.4) is 0 Å². The molecule has 4 rings (SSSR count). The van der Waals surface area contributed by atoms with Crippen molar-refractivity contribution in [1.82, 2.24) is 9.66 Å². The summed E-state index contributed by atoms with van der Waals surface area (Å²) in [7, 11) is 0. The highest BCUT2D eigenvalue weighted by Gasteiger charge is 2.11. The molecule has 0 N–H and O–H groups in total. The Hall–Kier alpha value is -2.75. The van der Waals surface area contributed by atoms with Gasteiger partial charge in [0.1, 0.15) is 6.33 Å². The maximum absolute atomic E-state index is 6.39. The standard InChI is InChI=1S/C23H19Cl2N3/c24-22-11-10-21(23(25)14-22)16-28(27-13-12-26-17-27)15-18-6-8-20(9-7-18)19-4-2-1-3-5-19/h1-14,17H,15-16H2. The minimum Gasteiger partial charge on any atom is -0.303 e. The van der Waals surface area contributed by atoms with E-state index in [4.69, 9.17) is 23.2 Å². The second-order valence-electron chi connectivity index (χ2n) is 6.56. The Kier molecular flexibility index (Phi) is 5.65. The molecule has 4 aromatic rings. The van der Waals surface area contributed by atoms with Crippen molar-refractivity contribution in [1.29, 1.82) is 0 Å². The molecule has 1 aromatic heterocycles. The summed E-state index contributed by atoms with van der Waals surface area (Å²) in [5.74, 6) is 0. The van der Waals surface area contributed by atoms with Crippen LogP contribution in [0.5, 0.6) is 0 Å². The van der Waals surface area contributed by atoms with E-state index >= 15 is 0 Å². The number of rotatable bonds is 6. The lowest BCUT2D eigenvalue weighted by Crippen LogP contribution is -2.32. The Morgan fingerprint density at radius 2 is 1.57 bits per heavy atom. The predicted molar refractivity (Wildman–Crippen MR) is 116 cm³/mol. The molecule has 0 aliphatic carbocycles. The summed E-state index contributed by atoms with van der Waals surface area (Å²) in [5.41, 5.74) is 4.65. The van der Waals surface area contributed by atoms with Gasteiger partial charge < -0.3 is 5.01 Å². The fourth-order valence-electron chi connectivity index (χ4n) is 3.13. The first-order chi connectivity index (χ1) is 13.7. The summed E-state index contributed by atoms with van der Waals surface area (Å²) >= 11 is 12.4. The van der Waals surface area contributed by atoms with Gasteiger partial charge in [0.25, 0.3) is 0 Å². The van der Waals surface area contributed by atoms with Gasteiger partial charge in [-0.25, -0.2) is 4.98 Å². The van der Waals surface area contributed by atoms with Crippen LogP contribution in [0.1, 0.15) is 11.1 Å². The van der Waals surface area contributed by atoms with Crippen LogP contribution in [0.4, 0.5) is 0 Å². The number of nitrogens with zero attached hydrogens (tertiary/aromatic N) is 3. The molecule has 0 fully saturated rings. The Bertz CT molecular complexity index is 1030. The van der Waals surface area contributed by atoms with Gasteiger partial charge in [0.05, 0.1) is 13.1 Å². The van der Waals surface area contributed by atoms with Gasteiger partial charge >= 0.3 is 0 Å². The van der Waals surface area contributed by atoms with Crippen molar-refractivity contribution in [3.8, 4) is 11.1 Å². The summed E-state index contributed by atoms with van der Waals surface area (Å²) in [6.07, 6.45) is 5.50. The Labute approximate surface area is 174 Å². The Morgan fingerprint density at radius 1 is 0.821 bits per heavy atom. The van der Waals surface area contributed by atoms with Gasteiger partial charge in [0.2, 0.25) is 0 Å². The molecular formula is C23H19Cl2N3. The van der Waals surface area contributed by atoms with Gasteiger partial charge in [-0.3, -0.25) is 4.68 Å². The summed E-state index contributed by atoms with van der Waals surface area (Å²) in [6, 6.07) is 24.6. The molecule has 28 heavy (non-hydrogen) atoms. The summed E-state index contributed by atoms with van der Waals surface area (Å²) in [6.45, 7) is 1.37. The average molecular weight is 408 g/mol. The molecule has 0 spiro atoms. The zero-order chi connectivity index (χ0) is 19.3. The van der Waals surface area contributed by atoms with E-state index in [0.29, 0.717) is 16.6 Å². The first kappa shape index (κ1) is 18.6. The molecule has 0 unspecified atom stereocenters. The third-order valence-electron chi connectivity index (χ3n) is 4.61. The van der Waals surface area contributed by atoms with Crippen LogP contribution in [0, 0.1) is 0 Å². The second kappa shape index (κ2) is 8.51. The lowest BCUT2D eigenvalue weighted by atomic mass is 10.0. The first-order valence-corrected chi connectivity index (χ1v) is 9.76. The lowest BCUT2D eigenvalue weighted by Gasteiger charge is -2.26. The molecule has 0 atom stereocenters. The minimum absolute atomic E-state index is 0.638. The van der Waals surface area contributed by atoms with Crippen molar-refractivity contribution in [3.05, 3.63) is 113 Å². The van der Waals surface area contributed by atoms with Gasteiger partial charge in [0.15, 0.2) is 0 Å². The lowest BCUT2D eigenvalue weighted by molar-refractivity contribution is 0.576. The van der Waals surface area contributed by atoms with Crippen LogP contribution in [-0.2, 0) is 13.1 Å². The van der Waals surface area contributed by atoms with E-state index in [1.165, 1.54) is 16.7 Å². The molecule has 0 aliphatic heterocycles. The van der Waals surface area contributed by atoms with Crippen LogP contribution in [0.15, 0.2) is 91.5 Å². The molecule has 140 valence electrons. The van der Waals surface area contributed by atoms with Gasteiger partial charge in [-0.05, 0) is 34.4 Å². The molecule has 0 saturated heterocycles. The predicted octanol–water partition coefficient (Wildman–Crippen LogP) is 6.20. The number of benzene rings is 3. The third-order valence-corrected chi connectivity index (χ3v) is 5.20. The van der Waals surface area contributed by atoms with Gasteiger partial charge in [-0.15, -0.1) is 0 Å². The summed E-state index contributed by atoms with van der Waals surface area (Å²) < 4.78 is 1.98. The van der Waals surface area contributed by atoms with E-state index < -0.39 is 0 Å². The van der Waals surface area contributed by atoms with Gasteiger partial charge in [0, 0.05) is 22.4 Å². The number of imidazole rings is 1. The van der Waals surface area contributed by atoms with E-state index in [0.717, 1.165) is 12.1 Å². The molecule has 1 heterocycles. The summed E-state index contributed by atoms with van der Waals surface area (Å²) in [4.78, 5) is 4.18. The molecule has 3 nitrogen and oxygen atoms in total. The van der Waals surface area contributed by atoms with Gasteiger partial charge in [-0.2, -0.15) is 0 Å². The van der Waals surface area contributed by atoms with E-state index in [1.807, 2.05) is 29.1 Å². The zero-order valence-corrected chi connectivity index (χ0v) is 16.7. The largest absolute Gasteiger partial charge is 0.303 e. The second-order valence-corrected chi connectivity index (χ2v) is 7.41. The molecule has 0 radical (unpaired) electrons. The maximum atomic E-state index is 6.39. The first-order valence-electron chi connectivity index (χ1n) is 9.00. The van der Waals surface area contributed by atoms with Crippen molar-refractivity contribution >= 4 is 23.2 Å². The Balaban J connectivity index is 1.56. The monoisotopic (exact) mass is 407 g/mol. The number of halogens is 2. The van der Waals surface area contributed by atoms with Gasteiger partial charge in [-0.1, -0.05) is 83.9 Å². The van der Waals surface area contributed by atoms with Crippen LogP contribution < -0.4 is 5.01 Å². The molecular weight excluding hydrogens is 389 g/mol. The highest BCUT2D eigenvalue weighted by molar-refractivity contribution is 6.35. The van der Waals surface area contributed by atoms with Crippen LogP contribution >= 0.6 is 23.2 Å². The highest BCUT2D eigenvalue weighted by atomic mass is 35.5. The van der Waals surface area contributed by atoms with E-state index in [9.17, 15) is 0 Å². The molecule has 5 heteroatoms. The number of hydrogen-bond donors (Lipinski definition) is 0. The fraction of sp³-hybridized carbons (Fsp3) is 0.0870. The van der Waals surface area contributed by atoms with Crippen LogP contribution in [-0.4, -0.2) is 9.66 Å². The van der Waals surface area contributed by atoms with Crippen molar-refractivity contribution in [2.75, 3.05) is 5.01 Å². The minimum atomic E-state index is 0.638. The quantitative estimate of drug-likeness (QED) is 0.379. The maximum Gasteiger partial charge on any atom is 0.114 e. The van der Waals surface area contributed by atoms with Crippen molar-refractivity contribution in [2.45, 2.75) is 13.1 Å². The number of hydrogen-bond acceptors (Lipinski definition) is 2. The van der Waals surface area contributed by atoms with Crippen molar-refractivity contribution in [2.24, 2.45) is 0 Å². The Morgan fingerprint density at radius 3 is 2.25 bits per heavy atom. The third kappa shape index (κ3) is 4.38. The zero-order valence-electron chi connectivity index (χ0n) is 15.2. The molecule has 3 aromatic carbocycles. The topological polar surface area (TPSA) is 21.1 Å². The number of aromatic nitrogens is 2. The molecule has 0 bridgehead atoms. The average Bonchev–Trinajstić information content (AvgIpc) is 3.25. The highest BCUT2D eigenvalue weighted by Crippen LogP contribution is 2.23. The molecule has 0 aliphatic rings. The van der Waals surface area contributed by atoms with Crippen LogP contribution in [0.25, 0.3) is 11.1 Å². The van der Waals surface area contributed by atoms with E-state index in [2.05, 4.69) is 58.5 Å². The molecule has 0 saturated carbocycles.